The van der Waals surface area contributed by atoms with Crippen molar-refractivity contribution in [3.63, 3.8) is 0 Å². The second-order valence-corrected chi connectivity index (χ2v) is 7.66. The summed E-state index contributed by atoms with van der Waals surface area (Å²) < 4.78 is 1.38. The molecule has 4 aromatic rings. The summed E-state index contributed by atoms with van der Waals surface area (Å²) in [5.74, 6) is -0.750. The smallest absolute Gasteiger partial charge is 0.265 e. The van der Waals surface area contributed by atoms with Gasteiger partial charge in [0.25, 0.3) is 5.56 Å². The van der Waals surface area contributed by atoms with Crippen molar-refractivity contribution in [2.75, 3.05) is 5.32 Å². The average Bonchev–Trinajstić information content (AvgIpc) is 2.78. The third-order valence-corrected chi connectivity index (χ3v) is 5.47. The maximum Gasteiger partial charge on any atom is 0.265 e. The lowest BCUT2D eigenvalue weighted by Crippen LogP contribution is -2.26. The minimum atomic E-state index is -0.530. The van der Waals surface area contributed by atoms with E-state index in [1.807, 2.05) is 18.2 Å². The molecule has 2 heterocycles. The number of aromatic hydroxyl groups is 1. The number of hydrogen-bond acceptors (Lipinski definition) is 5. The molecule has 0 aliphatic carbocycles. The van der Waals surface area contributed by atoms with Crippen molar-refractivity contribution in [2.45, 2.75) is 12.5 Å². The largest absolute Gasteiger partial charge is 0.506 e. The number of halogens is 1. The second-order valence-electron chi connectivity index (χ2n) is 7.22. The first-order chi connectivity index (χ1) is 15.0. The van der Waals surface area contributed by atoms with Crippen molar-refractivity contribution in [1.29, 1.82) is 0 Å². The molecule has 0 fully saturated rings. The molecule has 0 radical (unpaired) electrons. The molecule has 0 saturated carbocycles. The molecule has 0 amide bonds. The third-order valence-electron chi connectivity index (χ3n) is 5.22. The molecule has 0 saturated heterocycles. The summed E-state index contributed by atoms with van der Waals surface area (Å²) in [7, 11) is 1.59. The van der Waals surface area contributed by atoms with E-state index >= 15 is 0 Å². The number of para-hydroxylation sites is 1. The van der Waals surface area contributed by atoms with Crippen LogP contribution in [-0.2, 0) is 7.05 Å². The van der Waals surface area contributed by atoms with E-state index in [0.717, 1.165) is 11.3 Å². The first kappa shape index (κ1) is 20.6. The van der Waals surface area contributed by atoms with Crippen LogP contribution in [0, 0.1) is 0 Å². The zero-order valence-electron chi connectivity index (χ0n) is 16.7. The predicted octanol–water partition coefficient (Wildman–Crippen LogP) is 4.72. The summed E-state index contributed by atoms with van der Waals surface area (Å²) in [6, 6.07) is 17.2. The van der Waals surface area contributed by atoms with Gasteiger partial charge in [-0.25, -0.2) is 0 Å². The third kappa shape index (κ3) is 4.15. The van der Waals surface area contributed by atoms with Gasteiger partial charge in [-0.2, -0.15) is 0 Å². The zero-order valence-corrected chi connectivity index (χ0v) is 17.5. The number of fused-ring (bicyclic) bond motifs is 1. The van der Waals surface area contributed by atoms with E-state index in [4.69, 9.17) is 11.6 Å². The lowest BCUT2D eigenvalue weighted by Gasteiger charge is -2.20. The van der Waals surface area contributed by atoms with E-state index in [9.17, 15) is 14.7 Å². The van der Waals surface area contributed by atoms with Crippen LogP contribution in [0.25, 0.3) is 10.9 Å². The van der Waals surface area contributed by atoms with Gasteiger partial charge < -0.3 is 15.0 Å². The predicted molar refractivity (Wildman–Crippen MR) is 122 cm³/mol. The number of ketones is 1. The molecule has 2 aromatic carbocycles. The molecular formula is C24H20ClN3O3. The SMILES string of the molecule is Cn1c(=O)c(C(=O)C[C@H](Nc2cccnc2)c2ccc(Cl)cc2)c(O)c2ccccc21. The van der Waals surface area contributed by atoms with Gasteiger partial charge in [0.2, 0.25) is 0 Å². The number of rotatable bonds is 6. The normalized spacial score (nSPS) is 11.9. The first-order valence-electron chi connectivity index (χ1n) is 9.71. The number of hydrogen-bond donors (Lipinski definition) is 2. The first-order valence-corrected chi connectivity index (χ1v) is 10.1. The fourth-order valence-corrected chi connectivity index (χ4v) is 3.74. The molecule has 6 nitrogen and oxygen atoms in total. The summed E-state index contributed by atoms with van der Waals surface area (Å²) >= 11 is 6.02. The van der Waals surface area contributed by atoms with Crippen LogP contribution >= 0.6 is 11.6 Å². The van der Waals surface area contributed by atoms with Gasteiger partial charge >= 0.3 is 0 Å². The highest BCUT2D eigenvalue weighted by atomic mass is 35.5. The van der Waals surface area contributed by atoms with Crippen molar-refractivity contribution in [3.05, 3.63) is 99.6 Å². The lowest BCUT2D eigenvalue weighted by atomic mass is 9.96. The van der Waals surface area contributed by atoms with Crippen LogP contribution in [0.15, 0.2) is 77.9 Å². The van der Waals surface area contributed by atoms with Gasteiger partial charge in [0.15, 0.2) is 5.78 Å². The van der Waals surface area contributed by atoms with Crippen molar-refractivity contribution in [1.82, 2.24) is 9.55 Å². The Balaban J connectivity index is 1.74. The maximum atomic E-state index is 13.3. The van der Waals surface area contributed by atoms with Crippen LogP contribution < -0.4 is 10.9 Å². The number of aryl methyl sites for hydroxylation is 1. The van der Waals surface area contributed by atoms with E-state index < -0.39 is 17.4 Å². The van der Waals surface area contributed by atoms with E-state index in [2.05, 4.69) is 10.3 Å². The van der Waals surface area contributed by atoms with Crippen LogP contribution in [0.2, 0.25) is 5.02 Å². The van der Waals surface area contributed by atoms with Crippen LogP contribution in [-0.4, -0.2) is 20.4 Å². The highest BCUT2D eigenvalue weighted by Gasteiger charge is 2.24. The molecule has 4 rings (SSSR count). The standard InChI is InChI=1S/C24H20ClN3O3/c1-28-20-7-3-2-6-18(20)23(30)22(24(28)31)21(29)13-19(15-8-10-16(25)11-9-15)27-17-5-4-12-26-14-17/h2-12,14,19,27,30H,13H2,1H3/t19-/m0/s1. The van der Waals surface area contributed by atoms with Crippen LogP contribution in [0.5, 0.6) is 5.75 Å². The van der Waals surface area contributed by atoms with Gasteiger partial charge in [-0.1, -0.05) is 35.9 Å². The summed E-state index contributed by atoms with van der Waals surface area (Å²) in [4.78, 5) is 30.3. The number of carbonyl (C=O) groups excluding carboxylic acids is 1. The molecule has 0 aliphatic heterocycles. The lowest BCUT2D eigenvalue weighted by molar-refractivity contribution is 0.0972. The Hall–Kier alpha value is -3.64. The van der Waals surface area contributed by atoms with E-state index in [1.54, 1.807) is 61.9 Å². The number of aromatic nitrogens is 2. The van der Waals surface area contributed by atoms with E-state index in [1.165, 1.54) is 4.57 Å². The Morgan fingerprint density at radius 2 is 1.87 bits per heavy atom. The van der Waals surface area contributed by atoms with Crippen molar-refractivity contribution in [3.8, 4) is 5.75 Å². The minimum absolute atomic E-state index is 0.0440. The molecular weight excluding hydrogens is 414 g/mol. The summed E-state index contributed by atoms with van der Waals surface area (Å²) in [5, 5.41) is 15.1. The Bertz CT molecular complexity index is 1300. The Kier molecular flexibility index (Phi) is 5.73. The van der Waals surface area contributed by atoms with Gasteiger partial charge in [0, 0.05) is 36.3 Å². The Morgan fingerprint density at radius 1 is 1.13 bits per heavy atom. The molecule has 0 aliphatic rings. The number of nitrogens with one attached hydrogen (secondary N) is 1. The number of anilines is 1. The van der Waals surface area contributed by atoms with Crippen LogP contribution in [0.1, 0.15) is 28.4 Å². The minimum Gasteiger partial charge on any atom is -0.506 e. The summed E-state index contributed by atoms with van der Waals surface area (Å²) in [6.45, 7) is 0. The van der Waals surface area contributed by atoms with Crippen LogP contribution in [0.4, 0.5) is 5.69 Å². The van der Waals surface area contributed by atoms with Gasteiger partial charge in [-0.3, -0.25) is 14.6 Å². The average molecular weight is 434 g/mol. The molecule has 0 unspecified atom stereocenters. The molecule has 1 atom stereocenters. The summed E-state index contributed by atoms with van der Waals surface area (Å²) in [5.41, 5.74) is 1.36. The molecule has 7 heteroatoms. The molecule has 2 aromatic heterocycles. The van der Waals surface area contributed by atoms with Crippen molar-refractivity contribution >= 4 is 34.0 Å². The monoisotopic (exact) mass is 433 g/mol. The number of carbonyl (C=O) groups is 1. The fourth-order valence-electron chi connectivity index (χ4n) is 3.61. The van der Waals surface area contributed by atoms with Gasteiger partial charge in [0.1, 0.15) is 11.3 Å². The molecule has 156 valence electrons. The number of Topliss-reactive ketones (excluding diaryl/α,β-unsaturated/α-hetero) is 1. The molecule has 31 heavy (non-hydrogen) atoms. The van der Waals surface area contributed by atoms with Crippen molar-refractivity contribution < 1.29 is 9.90 Å². The highest BCUT2D eigenvalue weighted by Crippen LogP contribution is 2.30. The number of benzene rings is 2. The maximum absolute atomic E-state index is 13.3. The van der Waals surface area contributed by atoms with E-state index in [0.29, 0.717) is 15.9 Å². The Morgan fingerprint density at radius 3 is 2.58 bits per heavy atom. The quantitative estimate of drug-likeness (QED) is 0.430. The van der Waals surface area contributed by atoms with Crippen molar-refractivity contribution in [2.24, 2.45) is 7.05 Å². The molecule has 0 bridgehead atoms. The second kappa shape index (κ2) is 8.62. The van der Waals surface area contributed by atoms with Gasteiger partial charge in [-0.15, -0.1) is 0 Å². The Labute approximate surface area is 183 Å². The van der Waals surface area contributed by atoms with Crippen LogP contribution in [0.3, 0.4) is 0 Å². The topological polar surface area (TPSA) is 84.2 Å². The summed E-state index contributed by atoms with van der Waals surface area (Å²) in [6.07, 6.45) is 3.27. The number of nitrogens with zero attached hydrogens (tertiary/aromatic N) is 2. The van der Waals surface area contributed by atoms with Gasteiger partial charge in [-0.05, 0) is 42.0 Å². The molecule has 0 spiro atoms. The zero-order chi connectivity index (χ0) is 22.0. The molecule has 2 N–H and O–H groups in total. The fraction of sp³-hybridized carbons (Fsp3) is 0.125. The van der Waals surface area contributed by atoms with E-state index in [-0.39, 0.29) is 17.7 Å². The number of pyridine rings is 2. The van der Waals surface area contributed by atoms with Gasteiger partial charge in [0.05, 0.1) is 17.2 Å². The highest BCUT2D eigenvalue weighted by molar-refractivity contribution is 6.30.